The van der Waals surface area contributed by atoms with Crippen molar-refractivity contribution < 1.29 is 30.7 Å². The number of nitrogens with one attached hydrogen (secondary N) is 3. The highest BCUT2D eigenvalue weighted by molar-refractivity contribution is 5.80. The number of aryl methyl sites for hydroxylation is 1. The average molecular weight is 616 g/mol. The molecule has 0 saturated heterocycles. The van der Waals surface area contributed by atoms with Crippen LogP contribution < -0.4 is 16.0 Å². The molecular formula is C32H28F7N5. The van der Waals surface area contributed by atoms with Crippen molar-refractivity contribution >= 4 is 28.8 Å². The third-order valence-corrected chi connectivity index (χ3v) is 5.96. The van der Waals surface area contributed by atoms with Crippen LogP contribution in [0, 0.1) is 5.82 Å². The summed E-state index contributed by atoms with van der Waals surface area (Å²) in [6.07, 6.45) is -4.95. The van der Waals surface area contributed by atoms with Gasteiger partial charge in [-0.1, -0.05) is 57.0 Å². The molecule has 4 aromatic rings. The monoisotopic (exact) mass is 615 g/mol. The highest BCUT2D eigenvalue weighted by atomic mass is 19.4. The van der Waals surface area contributed by atoms with Crippen LogP contribution in [0.1, 0.15) is 18.1 Å². The highest BCUT2D eigenvalue weighted by Gasteiger charge is 2.30. The Morgan fingerprint density at radius 2 is 1.55 bits per heavy atom. The lowest BCUT2D eigenvalue weighted by molar-refractivity contribution is -0.137. The summed E-state index contributed by atoms with van der Waals surface area (Å²) >= 11 is 0. The maximum absolute atomic E-state index is 14.8. The number of halogens is 7. The number of aromatic nitrogens is 2. The zero-order valence-electron chi connectivity index (χ0n) is 23.5. The van der Waals surface area contributed by atoms with Gasteiger partial charge in [-0.3, -0.25) is 0 Å². The van der Waals surface area contributed by atoms with Gasteiger partial charge in [0.2, 0.25) is 5.95 Å². The Balaban J connectivity index is 0.000000801. The van der Waals surface area contributed by atoms with E-state index >= 15 is 0 Å². The van der Waals surface area contributed by atoms with Crippen LogP contribution in [0.5, 0.6) is 0 Å². The zero-order chi connectivity index (χ0) is 32.5. The van der Waals surface area contributed by atoms with Crippen molar-refractivity contribution in [2.45, 2.75) is 25.7 Å². The third-order valence-electron chi connectivity index (χ3n) is 5.96. The number of hydrogen-bond acceptors (Lipinski definition) is 5. The molecule has 0 radical (unpaired) electrons. The molecule has 1 aromatic heterocycles. The van der Waals surface area contributed by atoms with Crippen LogP contribution in [-0.4, -0.2) is 16.1 Å². The molecular weight excluding hydrogens is 587 g/mol. The lowest BCUT2D eigenvalue weighted by Crippen LogP contribution is -2.06. The van der Waals surface area contributed by atoms with E-state index in [1.54, 1.807) is 6.07 Å². The molecule has 44 heavy (non-hydrogen) atoms. The molecule has 1 heterocycles. The van der Waals surface area contributed by atoms with Crippen molar-refractivity contribution in [2.24, 2.45) is 0 Å². The summed E-state index contributed by atoms with van der Waals surface area (Å²) in [5.41, 5.74) is 3.07. The summed E-state index contributed by atoms with van der Waals surface area (Å²) in [7, 11) is 0. The normalized spacial score (nSPS) is 11.1. The molecule has 12 heteroatoms. The van der Waals surface area contributed by atoms with Crippen molar-refractivity contribution in [2.75, 3.05) is 16.0 Å². The summed E-state index contributed by atoms with van der Waals surface area (Å²) in [6.45, 7) is 12.0. The second kappa shape index (κ2) is 14.4. The lowest BCUT2D eigenvalue weighted by Gasteiger charge is -2.16. The number of rotatable bonds is 9. The largest absolute Gasteiger partial charge is 0.416 e. The minimum atomic E-state index is -4.47. The van der Waals surface area contributed by atoms with E-state index in [-0.39, 0.29) is 23.5 Å². The first kappa shape index (κ1) is 33.4. The first-order valence-electron chi connectivity index (χ1n) is 13.0. The molecule has 0 unspecified atom stereocenters. The van der Waals surface area contributed by atoms with Crippen LogP contribution in [0.15, 0.2) is 111 Å². The van der Waals surface area contributed by atoms with Gasteiger partial charge in [0.15, 0.2) is 0 Å². The van der Waals surface area contributed by atoms with E-state index < -0.39 is 23.7 Å². The minimum Gasteiger partial charge on any atom is -0.356 e. The van der Waals surface area contributed by atoms with E-state index in [0.717, 1.165) is 29.8 Å². The summed E-state index contributed by atoms with van der Waals surface area (Å²) in [6, 6.07) is 16.6. The predicted octanol–water partition coefficient (Wildman–Crippen LogP) is 10.2. The summed E-state index contributed by atoms with van der Waals surface area (Å²) in [5.74, 6) is -0.115. The predicted molar refractivity (Wildman–Crippen MR) is 160 cm³/mol. The number of benzene rings is 3. The van der Waals surface area contributed by atoms with Crippen LogP contribution >= 0.6 is 0 Å². The van der Waals surface area contributed by atoms with Crippen LogP contribution in [-0.2, 0) is 12.6 Å². The quantitative estimate of drug-likeness (QED) is 0.0994. The molecule has 0 aliphatic heterocycles. The van der Waals surface area contributed by atoms with Gasteiger partial charge in [0, 0.05) is 34.9 Å². The summed E-state index contributed by atoms with van der Waals surface area (Å²) < 4.78 is 86.1. The number of allylic oxidation sites excluding steroid dienone is 2. The fraction of sp³-hybridized carbons (Fsp3) is 0.125. The van der Waals surface area contributed by atoms with Crippen molar-refractivity contribution in [3.63, 3.8) is 0 Å². The first-order chi connectivity index (χ1) is 20.7. The maximum atomic E-state index is 14.8. The van der Waals surface area contributed by atoms with Gasteiger partial charge in [0.1, 0.15) is 11.6 Å². The van der Waals surface area contributed by atoms with Gasteiger partial charge in [-0.15, -0.1) is 0 Å². The van der Waals surface area contributed by atoms with Gasteiger partial charge in [-0.05, 0) is 60.0 Å². The van der Waals surface area contributed by atoms with E-state index in [4.69, 9.17) is 0 Å². The Kier molecular flexibility index (Phi) is 10.9. The van der Waals surface area contributed by atoms with Gasteiger partial charge in [-0.2, -0.15) is 31.3 Å². The van der Waals surface area contributed by atoms with Crippen LogP contribution in [0.2, 0.25) is 0 Å². The molecule has 0 saturated carbocycles. The molecule has 5 nitrogen and oxygen atoms in total. The lowest BCUT2D eigenvalue weighted by atomic mass is 10.1. The average Bonchev–Trinajstić information content (AvgIpc) is 2.99. The molecule has 0 aliphatic carbocycles. The van der Waals surface area contributed by atoms with Crippen molar-refractivity contribution in [3.05, 3.63) is 127 Å². The van der Waals surface area contributed by atoms with E-state index in [1.807, 2.05) is 31.2 Å². The second-order valence-corrected chi connectivity index (χ2v) is 9.09. The Morgan fingerprint density at radius 1 is 0.886 bits per heavy atom. The maximum Gasteiger partial charge on any atom is 0.416 e. The van der Waals surface area contributed by atoms with Gasteiger partial charge < -0.3 is 16.0 Å². The van der Waals surface area contributed by atoms with Crippen molar-refractivity contribution in [1.82, 2.24) is 9.97 Å². The number of anilines is 5. The van der Waals surface area contributed by atoms with Gasteiger partial charge in [-0.25, -0.2) is 9.37 Å². The number of para-hydroxylation sites is 1. The topological polar surface area (TPSA) is 61.9 Å². The fourth-order valence-electron chi connectivity index (χ4n) is 3.72. The molecule has 0 fully saturated rings. The molecule has 0 aliphatic rings. The van der Waals surface area contributed by atoms with Gasteiger partial charge in [0.05, 0.1) is 11.3 Å². The standard InChI is InChI=1S/C29H25F4N5.C3H3F3/c1-4-18(3)35-22-14-15-24(30)26(16-22)36-27-23(20-10-12-21(13-11-20)29(31,32)33)17-34-28(38-27)37-25-9-7-6-8-19(25)5-2;1-2-3(4,5)6/h4,6-17,35H,1,3,5H2,2H3,(H2,34,36,37,38);2H,1H2. The van der Waals surface area contributed by atoms with E-state index in [2.05, 4.69) is 45.7 Å². The van der Waals surface area contributed by atoms with Gasteiger partial charge >= 0.3 is 12.4 Å². The molecule has 230 valence electrons. The van der Waals surface area contributed by atoms with E-state index in [0.29, 0.717) is 22.5 Å². The molecule has 0 bridgehead atoms. The number of alkyl halides is 6. The van der Waals surface area contributed by atoms with Gasteiger partial charge in [0.25, 0.3) is 0 Å². The summed E-state index contributed by atoms with van der Waals surface area (Å²) in [5, 5.41) is 9.16. The van der Waals surface area contributed by atoms with Crippen LogP contribution in [0.3, 0.4) is 0 Å². The number of nitrogens with zero attached hydrogens (tertiary/aromatic N) is 2. The molecule has 3 N–H and O–H groups in total. The Morgan fingerprint density at radius 3 is 2.14 bits per heavy atom. The molecule has 3 aromatic carbocycles. The SMILES string of the molecule is C=CC(=C)Nc1ccc(F)c(Nc2nc(Nc3ccccc3CC)ncc2-c2ccc(C(F)(F)F)cc2)c1.C=CC(F)(F)F. The molecule has 0 atom stereocenters. The van der Waals surface area contributed by atoms with Crippen molar-refractivity contribution in [1.29, 1.82) is 0 Å². The first-order valence-corrected chi connectivity index (χ1v) is 13.0. The Hall–Kier alpha value is -5.13. The third kappa shape index (κ3) is 9.45. The van der Waals surface area contributed by atoms with E-state index in [1.165, 1.54) is 36.5 Å². The molecule has 0 amide bonds. The van der Waals surface area contributed by atoms with Crippen LogP contribution in [0.4, 0.5) is 59.6 Å². The molecule has 0 spiro atoms. The second-order valence-electron chi connectivity index (χ2n) is 9.09. The zero-order valence-corrected chi connectivity index (χ0v) is 23.5. The summed E-state index contributed by atoms with van der Waals surface area (Å²) in [4.78, 5) is 8.93. The minimum absolute atomic E-state index is 0.0625. The number of hydrogen-bond donors (Lipinski definition) is 3. The highest BCUT2D eigenvalue weighted by Crippen LogP contribution is 2.35. The fourth-order valence-corrected chi connectivity index (χ4v) is 3.72. The molecule has 4 rings (SSSR count). The Bertz CT molecular complexity index is 1610. The smallest absolute Gasteiger partial charge is 0.356 e. The van der Waals surface area contributed by atoms with Crippen molar-refractivity contribution in [3.8, 4) is 11.1 Å². The van der Waals surface area contributed by atoms with Crippen LogP contribution in [0.25, 0.3) is 11.1 Å². The van der Waals surface area contributed by atoms with E-state index in [9.17, 15) is 30.7 Å². The Labute approximate surface area is 249 Å².